The van der Waals surface area contributed by atoms with E-state index in [0.29, 0.717) is 16.5 Å². The predicted molar refractivity (Wildman–Crippen MR) is 96.4 cm³/mol. The second-order valence-electron chi connectivity index (χ2n) is 5.19. The number of rotatable bonds is 7. The Kier molecular flexibility index (Phi) is 6.24. The van der Waals surface area contributed by atoms with Gasteiger partial charge in [0.15, 0.2) is 17.6 Å². The molecule has 2 aromatic rings. The van der Waals surface area contributed by atoms with E-state index in [4.69, 9.17) is 25.8 Å². The summed E-state index contributed by atoms with van der Waals surface area (Å²) >= 11 is 5.93. The average molecular weight is 381 g/mol. The van der Waals surface area contributed by atoms with Crippen molar-refractivity contribution in [1.29, 1.82) is 0 Å². The van der Waals surface area contributed by atoms with Gasteiger partial charge in [0.05, 0.1) is 30.9 Å². The molecule has 0 aliphatic carbocycles. The molecule has 138 valence electrons. The maximum atomic E-state index is 12.4. The first kappa shape index (κ1) is 19.3. The minimum absolute atomic E-state index is 0.0856. The number of halogens is 1. The molecule has 0 aliphatic heterocycles. The van der Waals surface area contributed by atoms with Gasteiger partial charge >= 0.3 is 0 Å². The Morgan fingerprint density at radius 2 is 1.77 bits per heavy atom. The molecule has 1 N–H and O–H groups in total. The molecule has 0 saturated heterocycles. The molecule has 2 rings (SSSR count). The largest absolute Gasteiger partial charge is 0.495 e. The Labute approximate surface area is 154 Å². The number of non-ortho nitro benzene ring substituents is 1. The summed E-state index contributed by atoms with van der Waals surface area (Å²) in [7, 11) is 2.86. The zero-order valence-corrected chi connectivity index (χ0v) is 15.1. The predicted octanol–water partition coefficient (Wildman–Crippen LogP) is 3.67. The summed E-state index contributed by atoms with van der Waals surface area (Å²) in [5, 5.41) is 14.0. The van der Waals surface area contributed by atoms with Crippen LogP contribution < -0.4 is 19.5 Å². The zero-order valence-electron chi connectivity index (χ0n) is 14.3. The van der Waals surface area contributed by atoms with Crippen molar-refractivity contribution >= 4 is 28.9 Å². The highest BCUT2D eigenvalue weighted by atomic mass is 35.5. The van der Waals surface area contributed by atoms with Crippen LogP contribution in [0, 0.1) is 10.1 Å². The summed E-state index contributed by atoms with van der Waals surface area (Å²) in [4.78, 5) is 22.8. The van der Waals surface area contributed by atoms with Crippen LogP contribution in [0.4, 0.5) is 11.4 Å². The van der Waals surface area contributed by atoms with E-state index in [1.165, 1.54) is 39.3 Å². The SMILES string of the molecule is COc1ccc(Cl)cc1NC(=O)[C@@H](C)Oc1cc([N+](=O)[O-])ccc1OC. The van der Waals surface area contributed by atoms with E-state index in [2.05, 4.69) is 5.32 Å². The molecule has 26 heavy (non-hydrogen) atoms. The molecule has 0 saturated carbocycles. The smallest absolute Gasteiger partial charge is 0.273 e. The van der Waals surface area contributed by atoms with Gasteiger partial charge in [-0.25, -0.2) is 0 Å². The van der Waals surface area contributed by atoms with Crippen LogP contribution in [0.15, 0.2) is 36.4 Å². The number of nitrogens with zero attached hydrogens (tertiary/aromatic N) is 1. The number of carbonyl (C=O) groups excluding carboxylic acids is 1. The lowest BCUT2D eigenvalue weighted by molar-refractivity contribution is -0.385. The van der Waals surface area contributed by atoms with Crippen molar-refractivity contribution in [3.63, 3.8) is 0 Å². The molecule has 0 aromatic heterocycles. The molecule has 9 heteroatoms. The Bertz CT molecular complexity index is 827. The second kappa shape index (κ2) is 8.39. The van der Waals surface area contributed by atoms with E-state index in [1.807, 2.05) is 0 Å². The molecule has 0 spiro atoms. The van der Waals surface area contributed by atoms with Crippen molar-refractivity contribution in [3.8, 4) is 17.2 Å². The first-order valence-electron chi connectivity index (χ1n) is 7.49. The third-order valence-electron chi connectivity index (χ3n) is 3.45. The zero-order chi connectivity index (χ0) is 19.3. The fourth-order valence-electron chi connectivity index (χ4n) is 2.13. The number of nitro benzene ring substituents is 1. The van der Waals surface area contributed by atoms with Crippen LogP contribution in [0.2, 0.25) is 5.02 Å². The van der Waals surface area contributed by atoms with Crippen molar-refractivity contribution in [2.45, 2.75) is 13.0 Å². The van der Waals surface area contributed by atoms with Gasteiger partial charge in [-0.05, 0) is 31.2 Å². The van der Waals surface area contributed by atoms with Gasteiger partial charge in [0.25, 0.3) is 11.6 Å². The quantitative estimate of drug-likeness (QED) is 0.581. The van der Waals surface area contributed by atoms with E-state index >= 15 is 0 Å². The molecule has 0 unspecified atom stereocenters. The monoisotopic (exact) mass is 380 g/mol. The average Bonchev–Trinajstić information content (AvgIpc) is 2.61. The van der Waals surface area contributed by atoms with E-state index in [0.717, 1.165) is 0 Å². The summed E-state index contributed by atoms with van der Waals surface area (Å²) in [5.41, 5.74) is 0.205. The van der Waals surface area contributed by atoms with Gasteiger partial charge in [0.1, 0.15) is 5.75 Å². The molecule has 1 atom stereocenters. The number of amides is 1. The van der Waals surface area contributed by atoms with E-state index in [9.17, 15) is 14.9 Å². The van der Waals surface area contributed by atoms with Crippen molar-refractivity contribution in [1.82, 2.24) is 0 Å². The third-order valence-corrected chi connectivity index (χ3v) is 3.69. The van der Waals surface area contributed by atoms with E-state index < -0.39 is 16.9 Å². The number of nitrogens with one attached hydrogen (secondary N) is 1. The van der Waals surface area contributed by atoms with Gasteiger partial charge in [0, 0.05) is 11.1 Å². The fraction of sp³-hybridized carbons (Fsp3) is 0.235. The Morgan fingerprint density at radius 1 is 1.12 bits per heavy atom. The standard InChI is InChI=1S/C17H17ClN2O6/c1-10(17(21)19-13-8-11(18)4-6-14(13)24-2)26-16-9-12(20(22)23)5-7-15(16)25-3/h4-10H,1-3H3,(H,19,21)/t10-/m1/s1. The maximum Gasteiger partial charge on any atom is 0.273 e. The summed E-state index contributed by atoms with van der Waals surface area (Å²) in [6.07, 6.45) is -0.963. The first-order valence-corrected chi connectivity index (χ1v) is 7.87. The number of benzene rings is 2. The summed E-state index contributed by atoms with van der Waals surface area (Å²) < 4.78 is 15.8. The highest BCUT2D eigenvalue weighted by Crippen LogP contribution is 2.32. The molecule has 0 aliphatic rings. The highest BCUT2D eigenvalue weighted by Gasteiger charge is 2.20. The Balaban J connectivity index is 2.18. The minimum atomic E-state index is -0.963. The van der Waals surface area contributed by atoms with E-state index in [1.54, 1.807) is 18.2 Å². The van der Waals surface area contributed by atoms with Crippen LogP contribution in [0.1, 0.15) is 6.92 Å². The molecule has 0 radical (unpaired) electrons. The lowest BCUT2D eigenvalue weighted by Gasteiger charge is -2.17. The van der Waals surface area contributed by atoms with Crippen LogP contribution in [0.3, 0.4) is 0 Å². The van der Waals surface area contributed by atoms with Gasteiger partial charge in [0.2, 0.25) is 0 Å². The minimum Gasteiger partial charge on any atom is -0.495 e. The molecule has 0 fully saturated rings. The van der Waals surface area contributed by atoms with Crippen LogP contribution in [-0.2, 0) is 4.79 Å². The van der Waals surface area contributed by atoms with Crippen molar-refractivity contribution in [2.75, 3.05) is 19.5 Å². The summed E-state index contributed by atoms with van der Waals surface area (Å²) in [6, 6.07) is 8.67. The van der Waals surface area contributed by atoms with Crippen LogP contribution >= 0.6 is 11.6 Å². The lowest BCUT2D eigenvalue weighted by atomic mass is 10.2. The number of carbonyl (C=O) groups is 1. The number of methoxy groups -OCH3 is 2. The fourth-order valence-corrected chi connectivity index (χ4v) is 2.30. The van der Waals surface area contributed by atoms with Crippen molar-refractivity contribution in [2.24, 2.45) is 0 Å². The number of anilines is 1. The topological polar surface area (TPSA) is 99.9 Å². The molecule has 8 nitrogen and oxygen atoms in total. The lowest BCUT2D eigenvalue weighted by Crippen LogP contribution is -2.30. The van der Waals surface area contributed by atoms with Gasteiger partial charge in [-0.2, -0.15) is 0 Å². The first-order chi connectivity index (χ1) is 12.3. The van der Waals surface area contributed by atoms with Gasteiger partial charge in [-0.1, -0.05) is 11.6 Å². The van der Waals surface area contributed by atoms with E-state index in [-0.39, 0.29) is 17.2 Å². The summed E-state index contributed by atoms with van der Waals surface area (Å²) in [5.74, 6) is 0.306. The molecule has 1 amide bonds. The Hall–Kier alpha value is -3.00. The number of nitro groups is 1. The number of hydrogen-bond donors (Lipinski definition) is 1. The van der Waals surface area contributed by atoms with Crippen LogP contribution in [0.25, 0.3) is 0 Å². The van der Waals surface area contributed by atoms with Crippen LogP contribution in [-0.4, -0.2) is 31.2 Å². The molecule has 0 bridgehead atoms. The van der Waals surface area contributed by atoms with Gasteiger partial charge in [-0.3, -0.25) is 14.9 Å². The molecular weight excluding hydrogens is 364 g/mol. The Morgan fingerprint density at radius 3 is 2.38 bits per heavy atom. The van der Waals surface area contributed by atoms with Crippen LogP contribution in [0.5, 0.6) is 17.2 Å². The van der Waals surface area contributed by atoms with Gasteiger partial charge in [-0.15, -0.1) is 0 Å². The second-order valence-corrected chi connectivity index (χ2v) is 5.62. The number of ether oxygens (including phenoxy) is 3. The van der Waals surface area contributed by atoms with Crippen molar-refractivity contribution < 1.29 is 23.9 Å². The van der Waals surface area contributed by atoms with Gasteiger partial charge < -0.3 is 19.5 Å². The third kappa shape index (κ3) is 4.54. The normalized spacial score (nSPS) is 11.4. The van der Waals surface area contributed by atoms with Crippen molar-refractivity contribution in [3.05, 3.63) is 51.5 Å². The maximum absolute atomic E-state index is 12.4. The number of hydrogen-bond acceptors (Lipinski definition) is 6. The highest BCUT2D eigenvalue weighted by molar-refractivity contribution is 6.31. The molecule has 2 aromatic carbocycles. The molecule has 0 heterocycles. The summed E-state index contributed by atoms with van der Waals surface area (Å²) in [6.45, 7) is 1.50. The molecular formula is C17H17ClN2O6.